The molecule has 0 aliphatic heterocycles. The Bertz CT molecular complexity index is 236. The van der Waals surface area contributed by atoms with E-state index in [0.717, 1.165) is 0 Å². The molecular formula is C6H8ClN3. The molecule has 10 heavy (non-hydrogen) atoms. The monoisotopic (exact) mass is 157 g/mol. The summed E-state index contributed by atoms with van der Waals surface area (Å²) in [7, 11) is 1.76. The topological polar surface area (TPSA) is 50.9 Å². The molecule has 4 heteroatoms. The van der Waals surface area contributed by atoms with E-state index in [-0.39, 0.29) is 0 Å². The van der Waals surface area contributed by atoms with Gasteiger partial charge in [0.05, 0.1) is 10.7 Å². The van der Waals surface area contributed by atoms with Crippen molar-refractivity contribution in [2.45, 2.75) is 0 Å². The minimum absolute atomic E-state index is 0.552. The van der Waals surface area contributed by atoms with Crippen molar-refractivity contribution in [2.75, 3.05) is 18.1 Å². The summed E-state index contributed by atoms with van der Waals surface area (Å²) < 4.78 is 0. The molecule has 0 amide bonds. The highest BCUT2D eigenvalue weighted by molar-refractivity contribution is 6.30. The number of aromatic nitrogens is 1. The molecule has 0 spiro atoms. The number of rotatable bonds is 1. The molecule has 0 aliphatic carbocycles. The second-order valence-electron chi connectivity index (χ2n) is 1.84. The molecule has 1 aromatic rings. The maximum atomic E-state index is 5.60. The van der Waals surface area contributed by atoms with Crippen molar-refractivity contribution in [1.29, 1.82) is 0 Å². The van der Waals surface area contributed by atoms with E-state index < -0.39 is 0 Å². The summed E-state index contributed by atoms with van der Waals surface area (Å²) in [4.78, 5) is 3.93. The molecule has 3 nitrogen and oxygen atoms in total. The van der Waals surface area contributed by atoms with Crippen LogP contribution in [0.3, 0.4) is 0 Å². The van der Waals surface area contributed by atoms with Crippen LogP contribution in [-0.2, 0) is 0 Å². The highest BCUT2D eigenvalue weighted by Crippen LogP contribution is 2.18. The lowest BCUT2D eigenvalue weighted by molar-refractivity contribution is 1.29. The minimum Gasteiger partial charge on any atom is -0.396 e. The maximum absolute atomic E-state index is 5.60. The second kappa shape index (κ2) is 2.75. The molecule has 0 unspecified atom stereocenters. The van der Waals surface area contributed by atoms with Crippen molar-refractivity contribution in [2.24, 2.45) is 0 Å². The number of anilines is 2. The largest absolute Gasteiger partial charge is 0.396 e. The summed E-state index contributed by atoms with van der Waals surface area (Å²) in [6, 6.07) is 1.65. The van der Waals surface area contributed by atoms with Gasteiger partial charge < -0.3 is 11.1 Å². The molecule has 0 aliphatic rings. The van der Waals surface area contributed by atoms with Crippen molar-refractivity contribution in [3.63, 3.8) is 0 Å². The van der Waals surface area contributed by atoms with Crippen LogP contribution in [0.25, 0.3) is 0 Å². The van der Waals surface area contributed by atoms with Crippen molar-refractivity contribution < 1.29 is 0 Å². The van der Waals surface area contributed by atoms with Crippen LogP contribution in [0.5, 0.6) is 0 Å². The molecule has 0 bridgehead atoms. The van der Waals surface area contributed by atoms with Gasteiger partial charge in [0.25, 0.3) is 0 Å². The number of nitrogens with two attached hydrogens (primary N) is 1. The fourth-order valence-electron chi connectivity index (χ4n) is 0.664. The van der Waals surface area contributed by atoms with Crippen LogP contribution in [0, 0.1) is 0 Å². The van der Waals surface area contributed by atoms with Crippen molar-refractivity contribution >= 4 is 23.1 Å². The fourth-order valence-corrected chi connectivity index (χ4v) is 0.830. The van der Waals surface area contributed by atoms with Gasteiger partial charge in [-0.3, -0.25) is 0 Å². The number of nitrogens with zero attached hydrogens (tertiary/aromatic N) is 1. The maximum Gasteiger partial charge on any atom is 0.149 e. The van der Waals surface area contributed by atoms with Gasteiger partial charge in [-0.25, -0.2) is 4.98 Å². The first-order valence-corrected chi connectivity index (χ1v) is 3.20. The molecule has 1 rings (SSSR count). The van der Waals surface area contributed by atoms with E-state index >= 15 is 0 Å². The van der Waals surface area contributed by atoms with Crippen molar-refractivity contribution in [3.05, 3.63) is 17.3 Å². The van der Waals surface area contributed by atoms with E-state index in [9.17, 15) is 0 Å². The van der Waals surface area contributed by atoms with Gasteiger partial charge in [-0.05, 0) is 6.07 Å². The fraction of sp³-hybridized carbons (Fsp3) is 0.167. The summed E-state index contributed by atoms with van der Waals surface area (Å²) in [5.41, 5.74) is 6.09. The first kappa shape index (κ1) is 7.15. The van der Waals surface area contributed by atoms with Crippen LogP contribution in [0.1, 0.15) is 0 Å². The summed E-state index contributed by atoms with van der Waals surface area (Å²) >= 11 is 5.60. The quantitative estimate of drug-likeness (QED) is 0.647. The molecular weight excluding hydrogens is 150 g/mol. The lowest BCUT2D eigenvalue weighted by Crippen LogP contribution is -1.97. The molecule has 0 saturated carbocycles. The first-order valence-electron chi connectivity index (χ1n) is 2.83. The second-order valence-corrected chi connectivity index (χ2v) is 2.28. The molecule has 3 N–H and O–H groups in total. The highest BCUT2D eigenvalue weighted by atomic mass is 35.5. The molecule has 0 atom stereocenters. The Labute approximate surface area is 64.2 Å². The molecule has 1 aromatic heterocycles. The van der Waals surface area contributed by atoms with E-state index in [1.54, 1.807) is 19.3 Å². The first-order chi connectivity index (χ1) is 4.74. The number of pyridine rings is 1. The summed E-state index contributed by atoms with van der Waals surface area (Å²) in [5, 5.41) is 3.38. The van der Waals surface area contributed by atoms with Crippen LogP contribution in [-0.4, -0.2) is 12.0 Å². The normalized spacial score (nSPS) is 9.40. The van der Waals surface area contributed by atoms with E-state index in [2.05, 4.69) is 10.3 Å². The molecule has 1 heterocycles. The Balaban J connectivity index is 3.07. The average Bonchev–Trinajstić information content (AvgIpc) is 1.88. The zero-order valence-electron chi connectivity index (χ0n) is 5.56. The number of nitrogens with one attached hydrogen (secondary N) is 1. The molecule has 0 saturated heterocycles. The van der Waals surface area contributed by atoms with Gasteiger partial charge in [0.1, 0.15) is 5.82 Å². The molecule has 0 fully saturated rings. The van der Waals surface area contributed by atoms with Crippen LogP contribution in [0.15, 0.2) is 12.3 Å². The third-order valence-corrected chi connectivity index (χ3v) is 1.33. The van der Waals surface area contributed by atoms with Crippen LogP contribution >= 0.6 is 11.6 Å². The van der Waals surface area contributed by atoms with Gasteiger partial charge in [-0.1, -0.05) is 11.6 Å². The van der Waals surface area contributed by atoms with Gasteiger partial charge in [0, 0.05) is 13.2 Å². The predicted molar refractivity (Wildman–Crippen MR) is 43.2 cm³/mol. The van der Waals surface area contributed by atoms with Gasteiger partial charge in [-0.2, -0.15) is 0 Å². The Morgan fingerprint density at radius 1 is 1.70 bits per heavy atom. The average molecular weight is 158 g/mol. The zero-order valence-corrected chi connectivity index (χ0v) is 6.31. The van der Waals surface area contributed by atoms with Crippen LogP contribution in [0.2, 0.25) is 5.02 Å². The predicted octanol–water partition coefficient (Wildman–Crippen LogP) is 1.36. The summed E-state index contributed by atoms with van der Waals surface area (Å²) in [5.74, 6) is 0.657. The van der Waals surface area contributed by atoms with Crippen LogP contribution < -0.4 is 11.1 Å². The van der Waals surface area contributed by atoms with E-state index in [1.807, 2.05) is 0 Å². The Morgan fingerprint density at radius 2 is 2.40 bits per heavy atom. The molecule has 54 valence electrons. The van der Waals surface area contributed by atoms with Gasteiger partial charge in [0.2, 0.25) is 0 Å². The van der Waals surface area contributed by atoms with Crippen LogP contribution in [0.4, 0.5) is 11.5 Å². The zero-order chi connectivity index (χ0) is 7.56. The lowest BCUT2D eigenvalue weighted by Gasteiger charge is -2.01. The lowest BCUT2D eigenvalue weighted by atomic mass is 10.4. The van der Waals surface area contributed by atoms with Gasteiger partial charge in [0.15, 0.2) is 0 Å². The SMILES string of the molecule is CNc1ncc(Cl)cc1N. The third kappa shape index (κ3) is 1.30. The standard InChI is InChI=1S/C6H8ClN3/c1-9-6-5(8)2-4(7)3-10-6/h2-3H,8H2,1H3,(H,9,10). The van der Waals surface area contributed by atoms with E-state index in [1.165, 1.54) is 0 Å². The van der Waals surface area contributed by atoms with Crippen molar-refractivity contribution in [1.82, 2.24) is 4.98 Å². The molecule has 0 aromatic carbocycles. The number of hydrogen-bond acceptors (Lipinski definition) is 3. The van der Waals surface area contributed by atoms with E-state index in [4.69, 9.17) is 17.3 Å². The Morgan fingerprint density at radius 3 is 2.90 bits per heavy atom. The number of nitrogen functional groups attached to an aromatic ring is 1. The molecule has 0 radical (unpaired) electrons. The number of hydrogen-bond donors (Lipinski definition) is 2. The summed E-state index contributed by atoms with van der Waals surface area (Å²) in [6.07, 6.45) is 1.55. The smallest absolute Gasteiger partial charge is 0.149 e. The Hall–Kier alpha value is -0.960. The third-order valence-electron chi connectivity index (χ3n) is 1.12. The number of halogens is 1. The van der Waals surface area contributed by atoms with Gasteiger partial charge >= 0.3 is 0 Å². The van der Waals surface area contributed by atoms with Crippen molar-refractivity contribution in [3.8, 4) is 0 Å². The minimum atomic E-state index is 0.552. The highest BCUT2D eigenvalue weighted by Gasteiger charge is 1.96. The summed E-state index contributed by atoms with van der Waals surface area (Å²) in [6.45, 7) is 0. The van der Waals surface area contributed by atoms with Gasteiger partial charge in [-0.15, -0.1) is 0 Å². The Kier molecular flexibility index (Phi) is 1.97. The van der Waals surface area contributed by atoms with E-state index in [0.29, 0.717) is 16.5 Å².